The lowest BCUT2D eigenvalue weighted by atomic mass is 9.99. The molecule has 4 heteroatoms. The number of likely N-dealkylation sites (tertiary alicyclic amines) is 1. The minimum atomic E-state index is 0.0741. The van der Waals surface area contributed by atoms with Crippen LogP contribution in [-0.4, -0.2) is 36.0 Å². The average molecular weight is 314 g/mol. The number of fused-ring (bicyclic) bond motifs is 1. The van der Waals surface area contributed by atoms with Gasteiger partial charge >= 0.3 is 0 Å². The van der Waals surface area contributed by atoms with Crippen LogP contribution in [0.25, 0.3) is 0 Å². The molecule has 1 aromatic carbocycles. The molecule has 23 heavy (non-hydrogen) atoms. The van der Waals surface area contributed by atoms with Crippen molar-refractivity contribution in [3.8, 4) is 0 Å². The maximum absolute atomic E-state index is 6.11. The van der Waals surface area contributed by atoms with Crippen molar-refractivity contribution in [1.82, 2.24) is 4.90 Å². The van der Waals surface area contributed by atoms with Crippen LogP contribution in [0.5, 0.6) is 0 Å². The van der Waals surface area contributed by atoms with Gasteiger partial charge in [-0.25, -0.2) is 0 Å². The lowest BCUT2D eigenvalue weighted by Gasteiger charge is -2.40. The Labute approximate surface area is 140 Å². The lowest BCUT2D eigenvalue weighted by molar-refractivity contribution is 0.102. The Morgan fingerprint density at radius 1 is 1.13 bits per heavy atom. The van der Waals surface area contributed by atoms with E-state index >= 15 is 0 Å². The Bertz CT molecular complexity index is 571. The SMILES string of the molecule is CC(C)(CN=C(N)Nc1ccc2c(c1)CCC2)N1CCCCC1. The third kappa shape index (κ3) is 4.05. The molecule has 0 bridgehead atoms. The van der Waals surface area contributed by atoms with Crippen LogP contribution in [0, 0.1) is 0 Å². The minimum Gasteiger partial charge on any atom is -0.370 e. The topological polar surface area (TPSA) is 53.6 Å². The van der Waals surface area contributed by atoms with Gasteiger partial charge in [-0.05, 0) is 82.3 Å². The van der Waals surface area contributed by atoms with Crippen LogP contribution in [0.1, 0.15) is 50.7 Å². The molecule has 1 aliphatic heterocycles. The van der Waals surface area contributed by atoms with Crippen molar-refractivity contribution < 1.29 is 0 Å². The van der Waals surface area contributed by atoms with E-state index < -0.39 is 0 Å². The van der Waals surface area contributed by atoms with Gasteiger partial charge in [0.1, 0.15) is 0 Å². The summed E-state index contributed by atoms with van der Waals surface area (Å²) in [5, 5.41) is 3.26. The van der Waals surface area contributed by atoms with E-state index in [9.17, 15) is 0 Å². The molecule has 1 saturated heterocycles. The molecule has 4 nitrogen and oxygen atoms in total. The zero-order chi connectivity index (χ0) is 16.3. The fourth-order valence-electron chi connectivity index (χ4n) is 3.71. The predicted molar refractivity (Wildman–Crippen MR) is 98.1 cm³/mol. The second-order valence-corrected chi connectivity index (χ2v) is 7.52. The first-order valence-corrected chi connectivity index (χ1v) is 8.98. The Kier molecular flexibility index (Phi) is 4.90. The summed E-state index contributed by atoms with van der Waals surface area (Å²) >= 11 is 0. The molecule has 0 aromatic heterocycles. The van der Waals surface area contributed by atoms with Crippen LogP contribution in [0.3, 0.4) is 0 Å². The van der Waals surface area contributed by atoms with E-state index in [2.05, 4.69) is 47.3 Å². The third-order valence-corrected chi connectivity index (χ3v) is 5.22. The molecule has 0 unspecified atom stereocenters. The number of hydrogen-bond donors (Lipinski definition) is 2. The van der Waals surface area contributed by atoms with Crippen molar-refractivity contribution in [1.29, 1.82) is 0 Å². The van der Waals surface area contributed by atoms with E-state index in [1.807, 2.05) is 0 Å². The third-order valence-electron chi connectivity index (χ3n) is 5.22. The van der Waals surface area contributed by atoms with E-state index in [0.717, 1.165) is 12.2 Å². The summed E-state index contributed by atoms with van der Waals surface area (Å²) in [6.07, 6.45) is 7.63. The zero-order valence-corrected chi connectivity index (χ0v) is 14.6. The summed E-state index contributed by atoms with van der Waals surface area (Å²) in [6, 6.07) is 6.55. The van der Waals surface area contributed by atoms with E-state index in [-0.39, 0.29) is 5.54 Å². The Morgan fingerprint density at radius 2 is 1.87 bits per heavy atom. The molecule has 2 aliphatic rings. The molecule has 1 aliphatic carbocycles. The van der Waals surface area contributed by atoms with Crippen molar-refractivity contribution in [3.05, 3.63) is 29.3 Å². The fraction of sp³-hybridized carbons (Fsp3) is 0.632. The molecule has 0 radical (unpaired) electrons. The molecule has 3 rings (SSSR count). The van der Waals surface area contributed by atoms with Gasteiger partial charge in [-0.1, -0.05) is 12.5 Å². The summed E-state index contributed by atoms with van der Waals surface area (Å²) < 4.78 is 0. The van der Waals surface area contributed by atoms with Gasteiger partial charge in [-0.2, -0.15) is 0 Å². The standard InChI is InChI=1S/C19H30N4/c1-19(2,23-11-4-3-5-12-23)14-21-18(20)22-17-10-9-15-7-6-8-16(15)13-17/h9-10,13H,3-8,11-12,14H2,1-2H3,(H3,20,21,22). The lowest BCUT2D eigenvalue weighted by Crippen LogP contribution is -2.49. The fourth-order valence-corrected chi connectivity index (χ4v) is 3.71. The second-order valence-electron chi connectivity index (χ2n) is 7.52. The molecule has 1 fully saturated rings. The van der Waals surface area contributed by atoms with Gasteiger partial charge in [0.25, 0.3) is 0 Å². The summed E-state index contributed by atoms with van der Waals surface area (Å²) in [5.74, 6) is 0.521. The van der Waals surface area contributed by atoms with Crippen molar-refractivity contribution >= 4 is 11.6 Å². The summed E-state index contributed by atoms with van der Waals surface area (Å²) in [5.41, 5.74) is 10.2. The van der Waals surface area contributed by atoms with Gasteiger partial charge in [0.2, 0.25) is 0 Å². The normalized spacial score (nSPS) is 19.7. The molecule has 1 aromatic rings. The van der Waals surface area contributed by atoms with Gasteiger partial charge in [-0.15, -0.1) is 0 Å². The summed E-state index contributed by atoms with van der Waals surface area (Å²) in [4.78, 5) is 7.15. The summed E-state index contributed by atoms with van der Waals surface area (Å²) in [7, 11) is 0. The van der Waals surface area contributed by atoms with Crippen LogP contribution >= 0.6 is 0 Å². The van der Waals surface area contributed by atoms with Gasteiger partial charge in [0.05, 0.1) is 6.54 Å². The van der Waals surface area contributed by atoms with Crippen molar-refractivity contribution in [2.75, 3.05) is 25.0 Å². The number of benzene rings is 1. The molecular formula is C19H30N4. The predicted octanol–water partition coefficient (Wildman–Crippen LogP) is 3.17. The number of guanidine groups is 1. The molecule has 0 saturated carbocycles. The van der Waals surface area contributed by atoms with Crippen LogP contribution < -0.4 is 11.1 Å². The summed E-state index contributed by atoms with van der Waals surface area (Å²) in [6.45, 7) is 7.63. The Balaban J connectivity index is 1.59. The van der Waals surface area contributed by atoms with Crippen molar-refractivity contribution in [3.63, 3.8) is 0 Å². The highest BCUT2D eigenvalue weighted by molar-refractivity contribution is 5.92. The molecule has 126 valence electrons. The highest BCUT2D eigenvalue weighted by atomic mass is 15.2. The van der Waals surface area contributed by atoms with Gasteiger partial charge < -0.3 is 11.1 Å². The molecule has 0 spiro atoms. The monoisotopic (exact) mass is 314 g/mol. The molecule has 1 heterocycles. The molecule has 3 N–H and O–H groups in total. The number of rotatable bonds is 4. The van der Waals surface area contributed by atoms with Gasteiger partial charge in [0, 0.05) is 11.2 Å². The van der Waals surface area contributed by atoms with E-state index in [1.54, 1.807) is 0 Å². The maximum atomic E-state index is 6.11. The van der Waals surface area contributed by atoms with Crippen LogP contribution in [0.4, 0.5) is 5.69 Å². The number of hydrogen-bond acceptors (Lipinski definition) is 2. The first-order valence-electron chi connectivity index (χ1n) is 8.98. The van der Waals surface area contributed by atoms with Gasteiger partial charge in [-0.3, -0.25) is 9.89 Å². The smallest absolute Gasteiger partial charge is 0.193 e. The maximum Gasteiger partial charge on any atom is 0.193 e. The van der Waals surface area contributed by atoms with Crippen LogP contribution in [0.2, 0.25) is 0 Å². The average Bonchev–Trinajstić information content (AvgIpc) is 3.02. The Hall–Kier alpha value is -1.55. The van der Waals surface area contributed by atoms with Crippen molar-refractivity contribution in [2.24, 2.45) is 10.7 Å². The molecule has 0 atom stereocenters. The van der Waals surface area contributed by atoms with E-state index in [0.29, 0.717) is 5.96 Å². The number of nitrogens with zero attached hydrogens (tertiary/aromatic N) is 2. The van der Waals surface area contributed by atoms with E-state index in [1.165, 1.54) is 62.7 Å². The number of anilines is 1. The van der Waals surface area contributed by atoms with Crippen molar-refractivity contribution in [2.45, 2.75) is 57.9 Å². The Morgan fingerprint density at radius 3 is 2.65 bits per heavy atom. The molecule has 0 amide bonds. The van der Waals surface area contributed by atoms with E-state index in [4.69, 9.17) is 5.73 Å². The first kappa shape index (κ1) is 16.3. The second kappa shape index (κ2) is 6.91. The zero-order valence-electron chi connectivity index (χ0n) is 14.6. The highest BCUT2D eigenvalue weighted by Gasteiger charge is 2.27. The molecular weight excluding hydrogens is 284 g/mol. The van der Waals surface area contributed by atoms with Gasteiger partial charge in [0.15, 0.2) is 5.96 Å². The number of aryl methyl sites for hydroxylation is 2. The number of aliphatic imine (C=N–C) groups is 1. The quantitative estimate of drug-likeness (QED) is 0.663. The van der Waals surface area contributed by atoms with Crippen LogP contribution in [-0.2, 0) is 12.8 Å². The number of piperidine rings is 1. The highest BCUT2D eigenvalue weighted by Crippen LogP contribution is 2.25. The van der Waals surface area contributed by atoms with Crippen LogP contribution in [0.15, 0.2) is 23.2 Å². The number of nitrogens with two attached hydrogens (primary N) is 1. The minimum absolute atomic E-state index is 0.0741. The number of nitrogens with one attached hydrogen (secondary N) is 1. The largest absolute Gasteiger partial charge is 0.370 e. The first-order chi connectivity index (χ1) is 11.0.